The lowest BCUT2D eigenvalue weighted by Crippen LogP contribution is -2.11. The lowest BCUT2D eigenvalue weighted by molar-refractivity contribution is -0.134. The minimum atomic E-state index is -0.251. The van der Waals surface area contributed by atoms with Crippen molar-refractivity contribution in [2.75, 3.05) is 5.32 Å². The number of benzene rings is 2. The summed E-state index contributed by atoms with van der Waals surface area (Å²) in [6, 6.07) is 15.7. The van der Waals surface area contributed by atoms with Gasteiger partial charge in [-0.25, -0.2) is 0 Å². The Morgan fingerprint density at radius 1 is 1.00 bits per heavy atom. The van der Waals surface area contributed by atoms with Gasteiger partial charge in [-0.1, -0.05) is 25.1 Å². The van der Waals surface area contributed by atoms with Crippen LogP contribution in [0.2, 0.25) is 0 Å². The van der Waals surface area contributed by atoms with E-state index >= 15 is 0 Å². The van der Waals surface area contributed by atoms with Gasteiger partial charge in [-0.15, -0.1) is 0 Å². The molecule has 1 amide bonds. The summed E-state index contributed by atoms with van der Waals surface area (Å²) in [6.07, 6.45) is 1.15. The molecule has 0 unspecified atom stereocenters. The van der Waals surface area contributed by atoms with Crippen LogP contribution in [0.5, 0.6) is 5.75 Å². The Bertz CT molecular complexity index is 606. The SMILES string of the molecule is CCCC(=O)Oc1ccc(NC(=O)c2ccccc2)cc1. The molecular formula is C17H17NO3. The van der Waals surface area contributed by atoms with E-state index in [0.717, 1.165) is 6.42 Å². The molecule has 108 valence electrons. The number of amides is 1. The molecule has 0 aliphatic carbocycles. The first-order valence-electron chi connectivity index (χ1n) is 6.86. The number of esters is 1. The summed E-state index contributed by atoms with van der Waals surface area (Å²) in [6.45, 7) is 1.92. The summed E-state index contributed by atoms with van der Waals surface area (Å²) in [4.78, 5) is 23.3. The lowest BCUT2D eigenvalue weighted by Gasteiger charge is -2.07. The fourth-order valence-corrected chi connectivity index (χ4v) is 1.79. The maximum atomic E-state index is 12.0. The molecular weight excluding hydrogens is 266 g/mol. The topological polar surface area (TPSA) is 55.4 Å². The van der Waals surface area contributed by atoms with Crippen molar-refractivity contribution in [2.24, 2.45) is 0 Å². The van der Waals surface area contributed by atoms with Crippen LogP contribution in [0.25, 0.3) is 0 Å². The van der Waals surface area contributed by atoms with Crippen LogP contribution in [0.3, 0.4) is 0 Å². The van der Waals surface area contributed by atoms with Crippen molar-refractivity contribution < 1.29 is 14.3 Å². The molecule has 0 saturated carbocycles. The fourth-order valence-electron chi connectivity index (χ4n) is 1.79. The van der Waals surface area contributed by atoms with Crippen LogP contribution in [0.1, 0.15) is 30.1 Å². The Morgan fingerprint density at radius 2 is 1.67 bits per heavy atom. The largest absolute Gasteiger partial charge is 0.427 e. The number of anilines is 1. The van der Waals surface area contributed by atoms with Gasteiger partial charge in [-0.05, 0) is 42.8 Å². The Kier molecular flexibility index (Phi) is 5.10. The van der Waals surface area contributed by atoms with Gasteiger partial charge >= 0.3 is 5.97 Å². The summed E-state index contributed by atoms with van der Waals surface area (Å²) in [5.74, 6) is 0.0519. The van der Waals surface area contributed by atoms with Gasteiger partial charge in [0, 0.05) is 17.7 Å². The zero-order valence-corrected chi connectivity index (χ0v) is 11.8. The molecule has 0 spiro atoms. The van der Waals surface area contributed by atoms with Crippen LogP contribution < -0.4 is 10.1 Å². The molecule has 2 rings (SSSR count). The number of hydrogen-bond acceptors (Lipinski definition) is 3. The van der Waals surface area contributed by atoms with E-state index in [1.807, 2.05) is 25.1 Å². The normalized spacial score (nSPS) is 9.95. The Morgan fingerprint density at radius 3 is 2.29 bits per heavy atom. The van der Waals surface area contributed by atoms with Gasteiger partial charge in [0.05, 0.1) is 0 Å². The highest BCUT2D eigenvalue weighted by atomic mass is 16.5. The number of rotatable bonds is 5. The van der Waals surface area contributed by atoms with E-state index in [0.29, 0.717) is 23.4 Å². The van der Waals surface area contributed by atoms with E-state index in [1.54, 1.807) is 36.4 Å². The molecule has 0 aliphatic rings. The second kappa shape index (κ2) is 7.24. The molecule has 0 fully saturated rings. The summed E-state index contributed by atoms with van der Waals surface area (Å²) >= 11 is 0. The first-order chi connectivity index (χ1) is 10.2. The molecule has 0 aliphatic heterocycles. The molecule has 4 heteroatoms. The van der Waals surface area contributed by atoms with Crippen molar-refractivity contribution >= 4 is 17.6 Å². The number of carbonyl (C=O) groups excluding carboxylic acids is 2. The Labute approximate surface area is 123 Å². The molecule has 0 aromatic heterocycles. The van der Waals surface area contributed by atoms with Gasteiger partial charge in [-0.2, -0.15) is 0 Å². The van der Waals surface area contributed by atoms with Gasteiger partial charge in [0.2, 0.25) is 0 Å². The van der Waals surface area contributed by atoms with Gasteiger partial charge in [0.25, 0.3) is 5.91 Å². The van der Waals surface area contributed by atoms with Crippen molar-refractivity contribution in [1.29, 1.82) is 0 Å². The highest BCUT2D eigenvalue weighted by Crippen LogP contribution is 2.17. The summed E-state index contributed by atoms with van der Waals surface area (Å²) < 4.78 is 5.15. The highest BCUT2D eigenvalue weighted by molar-refractivity contribution is 6.04. The average Bonchev–Trinajstić information content (AvgIpc) is 2.50. The quantitative estimate of drug-likeness (QED) is 0.673. The molecule has 0 saturated heterocycles. The Balaban J connectivity index is 1.96. The van der Waals surface area contributed by atoms with Crippen LogP contribution in [-0.2, 0) is 4.79 Å². The zero-order chi connectivity index (χ0) is 15.1. The molecule has 1 N–H and O–H groups in total. The predicted octanol–water partition coefficient (Wildman–Crippen LogP) is 3.64. The third kappa shape index (κ3) is 4.45. The predicted molar refractivity (Wildman–Crippen MR) is 81.4 cm³/mol. The first kappa shape index (κ1) is 14.8. The third-order valence-electron chi connectivity index (χ3n) is 2.83. The fraction of sp³-hybridized carbons (Fsp3) is 0.176. The van der Waals surface area contributed by atoms with Crippen molar-refractivity contribution in [3.8, 4) is 5.75 Å². The maximum Gasteiger partial charge on any atom is 0.311 e. The monoisotopic (exact) mass is 283 g/mol. The van der Waals surface area contributed by atoms with E-state index < -0.39 is 0 Å². The smallest absolute Gasteiger partial charge is 0.311 e. The van der Waals surface area contributed by atoms with Crippen molar-refractivity contribution in [1.82, 2.24) is 0 Å². The van der Waals surface area contributed by atoms with Crippen LogP contribution in [0, 0.1) is 0 Å². The third-order valence-corrected chi connectivity index (χ3v) is 2.83. The van der Waals surface area contributed by atoms with Crippen molar-refractivity contribution in [2.45, 2.75) is 19.8 Å². The van der Waals surface area contributed by atoms with E-state index in [4.69, 9.17) is 4.74 Å². The lowest BCUT2D eigenvalue weighted by atomic mass is 10.2. The standard InChI is InChI=1S/C17H17NO3/c1-2-6-16(19)21-15-11-9-14(10-12-15)18-17(20)13-7-4-3-5-8-13/h3-5,7-12H,2,6H2,1H3,(H,18,20). The van der Waals surface area contributed by atoms with E-state index in [-0.39, 0.29) is 11.9 Å². The first-order valence-corrected chi connectivity index (χ1v) is 6.86. The Hall–Kier alpha value is -2.62. The van der Waals surface area contributed by atoms with E-state index in [9.17, 15) is 9.59 Å². The summed E-state index contributed by atoms with van der Waals surface area (Å²) in [7, 11) is 0. The number of hydrogen-bond donors (Lipinski definition) is 1. The van der Waals surface area contributed by atoms with Gasteiger partial charge in [0.15, 0.2) is 0 Å². The van der Waals surface area contributed by atoms with Crippen molar-refractivity contribution in [3.05, 3.63) is 60.2 Å². The highest BCUT2D eigenvalue weighted by Gasteiger charge is 2.06. The van der Waals surface area contributed by atoms with Gasteiger partial charge in [-0.3, -0.25) is 9.59 Å². The van der Waals surface area contributed by atoms with Crippen LogP contribution in [0.4, 0.5) is 5.69 Å². The minimum Gasteiger partial charge on any atom is -0.427 e. The van der Waals surface area contributed by atoms with Crippen LogP contribution >= 0.6 is 0 Å². The molecule has 0 atom stereocenters. The summed E-state index contributed by atoms with van der Waals surface area (Å²) in [5, 5.41) is 2.78. The number of carbonyl (C=O) groups is 2. The molecule has 2 aromatic rings. The van der Waals surface area contributed by atoms with Crippen LogP contribution in [-0.4, -0.2) is 11.9 Å². The average molecular weight is 283 g/mol. The molecule has 0 bridgehead atoms. The minimum absolute atomic E-state index is 0.175. The second-order valence-corrected chi connectivity index (χ2v) is 4.57. The van der Waals surface area contributed by atoms with Gasteiger partial charge < -0.3 is 10.1 Å². The zero-order valence-electron chi connectivity index (χ0n) is 11.8. The molecule has 2 aromatic carbocycles. The molecule has 4 nitrogen and oxygen atoms in total. The van der Waals surface area contributed by atoms with Gasteiger partial charge in [0.1, 0.15) is 5.75 Å². The van der Waals surface area contributed by atoms with Crippen LogP contribution in [0.15, 0.2) is 54.6 Å². The number of nitrogens with one attached hydrogen (secondary N) is 1. The number of ether oxygens (including phenoxy) is 1. The van der Waals surface area contributed by atoms with E-state index in [2.05, 4.69) is 5.32 Å². The summed E-state index contributed by atoms with van der Waals surface area (Å²) in [5.41, 5.74) is 1.25. The molecule has 21 heavy (non-hydrogen) atoms. The maximum absolute atomic E-state index is 12.0. The molecule has 0 heterocycles. The van der Waals surface area contributed by atoms with Crippen molar-refractivity contribution in [3.63, 3.8) is 0 Å². The molecule has 0 radical (unpaired) electrons. The second-order valence-electron chi connectivity index (χ2n) is 4.57. The van der Waals surface area contributed by atoms with E-state index in [1.165, 1.54) is 0 Å².